The molecule has 0 saturated carbocycles. The molecule has 0 radical (unpaired) electrons. The maximum Gasteiger partial charge on any atom is 0.306 e. The van der Waals surface area contributed by atoms with Gasteiger partial charge in [0.1, 0.15) is 13.2 Å². The Kier molecular flexibility index (Phi) is 44.8. The quantitative estimate of drug-likeness (QED) is 0.0347. The third-order valence-corrected chi connectivity index (χ3v) is 11.4. The molecule has 0 bridgehead atoms. The first kappa shape index (κ1) is 54.4. The second kappa shape index (κ2) is 46.1. The number of unbranched alkanes of at least 4 members (excludes halogenated alkanes) is 35. The molecule has 0 aromatic rings. The predicted molar refractivity (Wildman–Crippen MR) is 238 cm³/mol. The molecule has 0 aliphatic heterocycles. The Labute approximate surface area is 348 Å². The van der Waals surface area contributed by atoms with Gasteiger partial charge in [0.05, 0.1) is 0 Å². The average Bonchev–Trinajstić information content (AvgIpc) is 3.19. The molecule has 6 nitrogen and oxygen atoms in total. The van der Waals surface area contributed by atoms with Gasteiger partial charge in [-0.15, -0.1) is 0 Å². The molecule has 6 heteroatoms. The lowest BCUT2D eigenvalue weighted by molar-refractivity contribution is -0.167. The van der Waals surface area contributed by atoms with Crippen LogP contribution >= 0.6 is 0 Å². The molecule has 0 saturated heterocycles. The van der Waals surface area contributed by atoms with Crippen LogP contribution in [0.1, 0.15) is 284 Å². The van der Waals surface area contributed by atoms with Crippen LogP contribution < -0.4 is 0 Å². The van der Waals surface area contributed by atoms with Gasteiger partial charge in [0.15, 0.2) is 6.10 Å². The summed E-state index contributed by atoms with van der Waals surface area (Å²) in [5, 5.41) is 0. The van der Waals surface area contributed by atoms with Gasteiger partial charge in [-0.3, -0.25) is 14.4 Å². The zero-order valence-electron chi connectivity index (χ0n) is 37.9. The summed E-state index contributed by atoms with van der Waals surface area (Å²) in [7, 11) is 0. The second-order valence-corrected chi connectivity index (χ2v) is 17.1. The fourth-order valence-electron chi connectivity index (χ4n) is 7.56. The topological polar surface area (TPSA) is 78.9 Å². The monoisotopic (exact) mass is 793 g/mol. The van der Waals surface area contributed by atoms with E-state index < -0.39 is 6.10 Å². The largest absolute Gasteiger partial charge is 0.462 e. The summed E-state index contributed by atoms with van der Waals surface area (Å²) in [6.07, 6.45) is 48.2. The second-order valence-electron chi connectivity index (χ2n) is 17.1. The highest BCUT2D eigenvalue weighted by Gasteiger charge is 2.19. The standard InChI is InChI=1S/C50H96O6/c1-4-7-10-13-16-18-20-21-22-23-24-25-26-27-28-30-31-34-37-40-43-49(52)55-46-47(45-54-48(51)42-39-36-33-15-12-9-6-3)56-50(53)44-41-38-35-32-29-19-17-14-11-8-5-2/h47H,4-46H2,1-3H3. The van der Waals surface area contributed by atoms with E-state index >= 15 is 0 Å². The molecule has 0 spiro atoms. The van der Waals surface area contributed by atoms with Crippen molar-refractivity contribution in [2.45, 2.75) is 290 Å². The summed E-state index contributed by atoms with van der Waals surface area (Å²) in [5.41, 5.74) is 0. The van der Waals surface area contributed by atoms with Crippen LogP contribution in [-0.2, 0) is 28.6 Å². The van der Waals surface area contributed by atoms with E-state index in [0.29, 0.717) is 19.3 Å². The minimum absolute atomic E-state index is 0.0628. The highest BCUT2D eigenvalue weighted by molar-refractivity contribution is 5.71. The fraction of sp³-hybridized carbons (Fsp3) is 0.940. The first-order valence-corrected chi connectivity index (χ1v) is 25.0. The van der Waals surface area contributed by atoms with Crippen LogP contribution in [0, 0.1) is 0 Å². The molecule has 0 heterocycles. The van der Waals surface area contributed by atoms with Crippen molar-refractivity contribution in [1.29, 1.82) is 0 Å². The Hall–Kier alpha value is -1.59. The SMILES string of the molecule is CCCCCCCCCCCCCCCCCCCCCCC(=O)OCC(COC(=O)CCCCCCCCC)OC(=O)CCCCCCCCCCCCC. The third-order valence-electron chi connectivity index (χ3n) is 11.4. The molecule has 0 aliphatic carbocycles. The summed E-state index contributed by atoms with van der Waals surface area (Å²) < 4.78 is 16.7. The molecule has 1 atom stereocenters. The minimum atomic E-state index is -0.757. The Morgan fingerprint density at radius 3 is 0.714 bits per heavy atom. The van der Waals surface area contributed by atoms with Gasteiger partial charge in [0, 0.05) is 19.3 Å². The molecule has 332 valence electrons. The molecule has 0 amide bonds. The number of hydrogen-bond donors (Lipinski definition) is 0. The third kappa shape index (κ3) is 43.5. The number of esters is 3. The number of carbonyl (C=O) groups is 3. The molecular weight excluding hydrogens is 697 g/mol. The molecule has 0 rings (SSSR count). The van der Waals surface area contributed by atoms with Gasteiger partial charge in [-0.25, -0.2) is 0 Å². The van der Waals surface area contributed by atoms with E-state index in [2.05, 4.69) is 20.8 Å². The van der Waals surface area contributed by atoms with Crippen molar-refractivity contribution in [2.24, 2.45) is 0 Å². The lowest BCUT2D eigenvalue weighted by atomic mass is 10.0. The van der Waals surface area contributed by atoms with Crippen molar-refractivity contribution in [1.82, 2.24) is 0 Å². The van der Waals surface area contributed by atoms with E-state index in [1.807, 2.05) is 0 Å². The Balaban J connectivity index is 4.12. The fourth-order valence-corrected chi connectivity index (χ4v) is 7.56. The van der Waals surface area contributed by atoms with E-state index in [1.165, 1.54) is 186 Å². The molecule has 0 N–H and O–H groups in total. The van der Waals surface area contributed by atoms with E-state index in [4.69, 9.17) is 14.2 Å². The Morgan fingerprint density at radius 1 is 0.286 bits per heavy atom. The summed E-state index contributed by atoms with van der Waals surface area (Å²) in [6.45, 7) is 6.62. The maximum absolute atomic E-state index is 12.7. The van der Waals surface area contributed by atoms with Crippen molar-refractivity contribution in [3.8, 4) is 0 Å². The van der Waals surface area contributed by atoms with Gasteiger partial charge in [-0.1, -0.05) is 245 Å². The normalized spacial score (nSPS) is 11.8. The number of carbonyl (C=O) groups excluding carboxylic acids is 3. The summed E-state index contributed by atoms with van der Waals surface area (Å²) in [5.74, 6) is -0.854. The van der Waals surface area contributed by atoms with Crippen LogP contribution in [0.2, 0.25) is 0 Å². The van der Waals surface area contributed by atoms with Gasteiger partial charge in [-0.05, 0) is 19.3 Å². The van der Waals surface area contributed by atoms with Crippen molar-refractivity contribution in [3.63, 3.8) is 0 Å². The average molecular weight is 793 g/mol. The molecule has 56 heavy (non-hydrogen) atoms. The minimum Gasteiger partial charge on any atom is -0.462 e. The van der Waals surface area contributed by atoms with E-state index in [0.717, 1.165) is 57.8 Å². The van der Waals surface area contributed by atoms with E-state index in [1.54, 1.807) is 0 Å². The van der Waals surface area contributed by atoms with Crippen LogP contribution in [0.3, 0.4) is 0 Å². The van der Waals surface area contributed by atoms with Crippen LogP contribution in [0.25, 0.3) is 0 Å². The van der Waals surface area contributed by atoms with Crippen molar-refractivity contribution >= 4 is 17.9 Å². The van der Waals surface area contributed by atoms with Crippen LogP contribution in [-0.4, -0.2) is 37.2 Å². The van der Waals surface area contributed by atoms with Crippen LogP contribution in [0.4, 0.5) is 0 Å². The maximum atomic E-state index is 12.7. The summed E-state index contributed by atoms with van der Waals surface area (Å²) in [6, 6.07) is 0. The zero-order valence-corrected chi connectivity index (χ0v) is 37.9. The molecule has 0 aromatic heterocycles. The van der Waals surface area contributed by atoms with Crippen molar-refractivity contribution in [2.75, 3.05) is 13.2 Å². The number of hydrogen-bond acceptors (Lipinski definition) is 6. The molecule has 0 fully saturated rings. The first-order chi connectivity index (χ1) is 27.5. The molecule has 0 aromatic carbocycles. The van der Waals surface area contributed by atoms with Crippen molar-refractivity contribution < 1.29 is 28.6 Å². The molecular formula is C50H96O6. The summed E-state index contributed by atoms with van der Waals surface area (Å²) in [4.78, 5) is 37.7. The first-order valence-electron chi connectivity index (χ1n) is 25.0. The molecule has 0 aliphatic rings. The van der Waals surface area contributed by atoms with Crippen molar-refractivity contribution in [3.05, 3.63) is 0 Å². The zero-order chi connectivity index (χ0) is 40.8. The number of ether oxygens (including phenoxy) is 3. The number of rotatable bonds is 46. The van der Waals surface area contributed by atoms with Gasteiger partial charge in [-0.2, -0.15) is 0 Å². The van der Waals surface area contributed by atoms with Crippen LogP contribution in [0.15, 0.2) is 0 Å². The van der Waals surface area contributed by atoms with Gasteiger partial charge in [0.2, 0.25) is 0 Å². The lowest BCUT2D eigenvalue weighted by Gasteiger charge is -2.18. The summed E-state index contributed by atoms with van der Waals surface area (Å²) >= 11 is 0. The van der Waals surface area contributed by atoms with Crippen LogP contribution in [0.5, 0.6) is 0 Å². The lowest BCUT2D eigenvalue weighted by Crippen LogP contribution is -2.30. The van der Waals surface area contributed by atoms with E-state index in [9.17, 15) is 14.4 Å². The Bertz CT molecular complexity index is 828. The van der Waals surface area contributed by atoms with Gasteiger partial charge in [0.25, 0.3) is 0 Å². The van der Waals surface area contributed by atoms with Gasteiger partial charge < -0.3 is 14.2 Å². The smallest absolute Gasteiger partial charge is 0.306 e. The highest BCUT2D eigenvalue weighted by Crippen LogP contribution is 2.17. The van der Waals surface area contributed by atoms with E-state index in [-0.39, 0.29) is 31.1 Å². The molecule has 1 unspecified atom stereocenters. The Morgan fingerprint density at radius 2 is 0.482 bits per heavy atom. The highest BCUT2D eigenvalue weighted by atomic mass is 16.6. The van der Waals surface area contributed by atoms with Gasteiger partial charge >= 0.3 is 17.9 Å². The predicted octanol–water partition coefficient (Wildman–Crippen LogP) is 16.0.